The molecule has 0 aliphatic rings. The molecule has 0 radical (unpaired) electrons. The number of aromatic nitrogens is 4. The zero-order chi connectivity index (χ0) is 14.4. The van der Waals surface area contributed by atoms with Crippen LogP contribution in [0.2, 0.25) is 0 Å². The zero-order valence-corrected chi connectivity index (χ0v) is 11.8. The molecule has 2 aromatic rings. The van der Waals surface area contributed by atoms with Gasteiger partial charge < -0.3 is 4.74 Å². The van der Waals surface area contributed by atoms with E-state index in [2.05, 4.69) is 26.5 Å². The van der Waals surface area contributed by atoms with Crippen LogP contribution in [-0.4, -0.2) is 38.6 Å². The Morgan fingerprint density at radius 1 is 1.45 bits per heavy atom. The summed E-state index contributed by atoms with van der Waals surface area (Å²) in [6.45, 7) is 4.30. The fraction of sp³-hybridized carbons (Fsp3) is 0.231. The fourth-order valence-corrected chi connectivity index (χ4v) is 2.37. The normalized spacial score (nSPS) is 10.2. The Bertz CT molecular complexity index is 598. The van der Waals surface area contributed by atoms with Crippen LogP contribution in [0.25, 0.3) is 11.4 Å². The summed E-state index contributed by atoms with van der Waals surface area (Å²) in [5, 5.41) is 8.95. The van der Waals surface area contributed by atoms with E-state index >= 15 is 0 Å². The minimum Gasteiger partial charge on any atom is -0.468 e. The minimum atomic E-state index is -0.298. The Hall–Kier alpha value is -2.15. The molecule has 0 aromatic carbocycles. The van der Waals surface area contributed by atoms with Crippen molar-refractivity contribution in [3.8, 4) is 11.4 Å². The number of rotatable bonds is 6. The average Bonchev–Trinajstić information content (AvgIpc) is 2.89. The largest absolute Gasteiger partial charge is 0.468 e. The summed E-state index contributed by atoms with van der Waals surface area (Å²) in [5.74, 6) is 0.621. The van der Waals surface area contributed by atoms with Gasteiger partial charge >= 0.3 is 5.97 Å². The van der Waals surface area contributed by atoms with Crippen molar-refractivity contribution in [2.45, 2.75) is 11.7 Å². The minimum absolute atomic E-state index is 0.197. The topological polar surface area (TPSA) is 69.9 Å². The second-order valence-corrected chi connectivity index (χ2v) is 4.75. The van der Waals surface area contributed by atoms with Crippen LogP contribution in [0.5, 0.6) is 0 Å². The first kappa shape index (κ1) is 14.3. The molecule has 0 saturated carbocycles. The smallest absolute Gasteiger partial charge is 0.316 e. The third kappa shape index (κ3) is 3.24. The number of hydrogen-bond acceptors (Lipinski definition) is 6. The van der Waals surface area contributed by atoms with Crippen LogP contribution in [0.15, 0.2) is 42.3 Å². The molecule has 104 valence electrons. The maximum atomic E-state index is 11.2. The molecule has 0 N–H and O–H groups in total. The molecule has 7 heteroatoms. The van der Waals surface area contributed by atoms with E-state index in [1.165, 1.54) is 18.9 Å². The number of ether oxygens (including phenoxy) is 1. The van der Waals surface area contributed by atoms with Gasteiger partial charge in [0.05, 0.1) is 12.9 Å². The summed E-state index contributed by atoms with van der Waals surface area (Å²) < 4.78 is 6.52. The van der Waals surface area contributed by atoms with Gasteiger partial charge in [0.15, 0.2) is 11.0 Å². The maximum Gasteiger partial charge on any atom is 0.316 e. The standard InChI is InChI=1S/C13H14N4O2S/c1-3-8-17-12(10-4-6-14-7-5-10)15-16-13(17)20-9-11(18)19-2/h3-7H,1,8-9H2,2H3. The first-order chi connectivity index (χ1) is 9.76. The van der Waals surface area contributed by atoms with Gasteiger partial charge in [-0.2, -0.15) is 0 Å². The molecule has 6 nitrogen and oxygen atoms in total. The van der Waals surface area contributed by atoms with Gasteiger partial charge in [0.2, 0.25) is 0 Å². The van der Waals surface area contributed by atoms with Crippen LogP contribution >= 0.6 is 11.8 Å². The Kier molecular flexibility index (Phi) is 4.89. The van der Waals surface area contributed by atoms with Crippen molar-refractivity contribution < 1.29 is 9.53 Å². The van der Waals surface area contributed by atoms with Crippen LogP contribution in [-0.2, 0) is 16.1 Å². The molecule has 0 atom stereocenters. The second kappa shape index (κ2) is 6.85. The van der Waals surface area contributed by atoms with E-state index in [-0.39, 0.29) is 11.7 Å². The average molecular weight is 290 g/mol. The Morgan fingerprint density at radius 2 is 2.20 bits per heavy atom. The molecule has 0 saturated heterocycles. The molecule has 0 amide bonds. The van der Waals surface area contributed by atoms with Gasteiger partial charge in [-0.05, 0) is 12.1 Å². The lowest BCUT2D eigenvalue weighted by Crippen LogP contribution is -2.06. The molecule has 20 heavy (non-hydrogen) atoms. The molecule has 0 aliphatic carbocycles. The lowest BCUT2D eigenvalue weighted by atomic mass is 10.2. The Labute approximate surface area is 120 Å². The number of hydrogen-bond donors (Lipinski definition) is 0. The van der Waals surface area contributed by atoms with Gasteiger partial charge in [0.1, 0.15) is 0 Å². The van der Waals surface area contributed by atoms with E-state index in [0.717, 1.165) is 11.4 Å². The highest BCUT2D eigenvalue weighted by Gasteiger charge is 2.14. The summed E-state index contributed by atoms with van der Waals surface area (Å²) >= 11 is 1.29. The predicted molar refractivity (Wildman–Crippen MR) is 76.2 cm³/mol. The number of carbonyl (C=O) groups is 1. The summed E-state index contributed by atoms with van der Waals surface area (Å²) in [5.41, 5.74) is 0.916. The third-order valence-corrected chi connectivity index (χ3v) is 3.45. The Balaban J connectivity index is 2.28. The van der Waals surface area contributed by atoms with Crippen LogP contribution in [0.1, 0.15) is 0 Å². The van der Waals surface area contributed by atoms with Gasteiger partial charge in [-0.25, -0.2) is 0 Å². The van der Waals surface area contributed by atoms with Crippen molar-refractivity contribution >= 4 is 17.7 Å². The molecule has 2 heterocycles. The van der Waals surface area contributed by atoms with Crippen LogP contribution in [0.3, 0.4) is 0 Å². The van der Waals surface area contributed by atoms with Crippen molar-refractivity contribution in [2.24, 2.45) is 0 Å². The van der Waals surface area contributed by atoms with Gasteiger partial charge in [-0.15, -0.1) is 16.8 Å². The summed E-state index contributed by atoms with van der Waals surface area (Å²) in [6.07, 6.45) is 5.16. The molecule has 0 spiro atoms. The van der Waals surface area contributed by atoms with E-state index < -0.39 is 0 Å². The van der Waals surface area contributed by atoms with Gasteiger partial charge in [-0.1, -0.05) is 17.8 Å². The molecule has 0 aliphatic heterocycles. The van der Waals surface area contributed by atoms with E-state index in [0.29, 0.717) is 11.7 Å². The number of allylic oxidation sites excluding steroid dienone is 1. The van der Waals surface area contributed by atoms with Gasteiger partial charge in [0.25, 0.3) is 0 Å². The molecule has 0 bridgehead atoms. The van der Waals surface area contributed by atoms with Crippen molar-refractivity contribution in [2.75, 3.05) is 12.9 Å². The van der Waals surface area contributed by atoms with Crippen LogP contribution in [0, 0.1) is 0 Å². The van der Waals surface area contributed by atoms with E-state index in [4.69, 9.17) is 0 Å². The first-order valence-corrected chi connectivity index (χ1v) is 6.89. The fourth-order valence-electron chi connectivity index (χ4n) is 1.59. The highest BCUT2D eigenvalue weighted by molar-refractivity contribution is 7.99. The highest BCUT2D eigenvalue weighted by Crippen LogP contribution is 2.23. The molecule has 2 aromatic heterocycles. The van der Waals surface area contributed by atoms with Crippen LogP contribution < -0.4 is 0 Å². The summed E-state index contributed by atoms with van der Waals surface area (Å²) in [7, 11) is 1.36. The van der Waals surface area contributed by atoms with Gasteiger partial charge in [0, 0.05) is 24.5 Å². The van der Waals surface area contributed by atoms with Crippen molar-refractivity contribution in [1.82, 2.24) is 19.7 Å². The first-order valence-electron chi connectivity index (χ1n) is 5.90. The van der Waals surface area contributed by atoms with Gasteiger partial charge in [-0.3, -0.25) is 14.3 Å². The predicted octanol–water partition coefficient (Wildman–Crippen LogP) is 1.79. The monoisotopic (exact) mass is 290 g/mol. The number of carbonyl (C=O) groups excluding carboxylic acids is 1. The van der Waals surface area contributed by atoms with Crippen molar-refractivity contribution in [3.63, 3.8) is 0 Å². The lowest BCUT2D eigenvalue weighted by molar-refractivity contribution is -0.137. The number of nitrogens with zero attached hydrogens (tertiary/aromatic N) is 4. The molecule has 2 rings (SSSR count). The quantitative estimate of drug-likeness (QED) is 0.459. The highest BCUT2D eigenvalue weighted by atomic mass is 32.2. The molecular formula is C13H14N4O2S. The molecular weight excluding hydrogens is 276 g/mol. The summed E-state index contributed by atoms with van der Waals surface area (Å²) in [4.78, 5) is 15.2. The molecule has 0 unspecified atom stereocenters. The number of methoxy groups -OCH3 is 1. The maximum absolute atomic E-state index is 11.2. The number of thioether (sulfide) groups is 1. The molecule has 0 fully saturated rings. The van der Waals surface area contributed by atoms with Crippen molar-refractivity contribution in [1.29, 1.82) is 0 Å². The van der Waals surface area contributed by atoms with Crippen molar-refractivity contribution in [3.05, 3.63) is 37.2 Å². The lowest BCUT2D eigenvalue weighted by Gasteiger charge is -2.07. The number of pyridine rings is 1. The summed E-state index contributed by atoms with van der Waals surface area (Å²) in [6, 6.07) is 3.72. The third-order valence-electron chi connectivity index (χ3n) is 2.51. The second-order valence-electron chi connectivity index (χ2n) is 3.81. The zero-order valence-electron chi connectivity index (χ0n) is 11.0. The van der Waals surface area contributed by atoms with Crippen LogP contribution in [0.4, 0.5) is 0 Å². The van der Waals surface area contributed by atoms with E-state index in [1.807, 2.05) is 16.7 Å². The SMILES string of the molecule is C=CCn1c(SCC(=O)OC)nnc1-c1ccncc1. The number of esters is 1. The van der Waals surface area contributed by atoms with E-state index in [1.54, 1.807) is 18.5 Å². The van der Waals surface area contributed by atoms with E-state index in [9.17, 15) is 4.79 Å². The Morgan fingerprint density at radius 3 is 2.85 bits per heavy atom.